The maximum atomic E-state index is 11.8. The molecule has 0 aromatic heterocycles. The van der Waals surface area contributed by atoms with Crippen molar-refractivity contribution in [2.24, 2.45) is 5.92 Å². The molecule has 1 fully saturated rings. The van der Waals surface area contributed by atoms with E-state index in [1.54, 1.807) is 7.05 Å². The quantitative estimate of drug-likeness (QED) is 0.491. The van der Waals surface area contributed by atoms with Crippen molar-refractivity contribution >= 4 is 5.97 Å². The van der Waals surface area contributed by atoms with Gasteiger partial charge in [-0.3, -0.25) is 9.69 Å². The van der Waals surface area contributed by atoms with E-state index in [2.05, 4.69) is 10.2 Å². The van der Waals surface area contributed by atoms with E-state index in [0.29, 0.717) is 33.0 Å². The van der Waals surface area contributed by atoms with Gasteiger partial charge in [-0.15, -0.1) is 0 Å². The van der Waals surface area contributed by atoms with Crippen LogP contribution in [-0.2, 0) is 14.3 Å². The molecule has 0 aromatic carbocycles. The molecular weight excluding hydrogens is 272 g/mol. The summed E-state index contributed by atoms with van der Waals surface area (Å²) in [4.78, 5) is 13.9. The Morgan fingerprint density at radius 1 is 1.24 bits per heavy atom. The fourth-order valence-electron chi connectivity index (χ4n) is 2.64. The van der Waals surface area contributed by atoms with Gasteiger partial charge in [0.1, 0.15) is 5.54 Å². The lowest BCUT2D eigenvalue weighted by atomic mass is 9.92. The molecule has 1 aliphatic rings. The molecule has 2 N–H and O–H groups in total. The molecule has 124 valence electrons. The van der Waals surface area contributed by atoms with Crippen LogP contribution < -0.4 is 5.32 Å². The first kappa shape index (κ1) is 18.4. The fourth-order valence-corrected chi connectivity index (χ4v) is 2.64. The van der Waals surface area contributed by atoms with Gasteiger partial charge < -0.3 is 19.9 Å². The average molecular weight is 302 g/mol. The molecule has 6 nitrogen and oxygen atoms in total. The van der Waals surface area contributed by atoms with Gasteiger partial charge in [0.25, 0.3) is 0 Å². The van der Waals surface area contributed by atoms with Crippen molar-refractivity contribution in [1.82, 2.24) is 10.2 Å². The number of hydrogen-bond acceptors (Lipinski definition) is 5. The number of carboxylic acid groups (broad SMARTS) is 1. The molecule has 0 heterocycles. The van der Waals surface area contributed by atoms with Gasteiger partial charge in [0.2, 0.25) is 0 Å². The van der Waals surface area contributed by atoms with Crippen LogP contribution in [0.25, 0.3) is 0 Å². The SMILES string of the molecule is CCOCCN(CCOCC)CC(NC)(C(=O)O)C1CC1. The second kappa shape index (κ2) is 9.35. The molecule has 0 spiro atoms. The molecular formula is C15H30N2O4. The maximum absolute atomic E-state index is 11.8. The van der Waals surface area contributed by atoms with Crippen molar-refractivity contribution < 1.29 is 19.4 Å². The molecule has 0 amide bonds. The molecule has 0 aliphatic heterocycles. The lowest BCUT2D eigenvalue weighted by Gasteiger charge is -2.35. The third-order valence-corrected chi connectivity index (χ3v) is 4.09. The molecule has 0 radical (unpaired) electrons. The summed E-state index contributed by atoms with van der Waals surface area (Å²) in [5.74, 6) is -0.535. The molecule has 6 heteroatoms. The lowest BCUT2D eigenvalue weighted by molar-refractivity contribution is -0.147. The van der Waals surface area contributed by atoms with Crippen LogP contribution in [0.4, 0.5) is 0 Å². The first-order valence-corrected chi connectivity index (χ1v) is 7.90. The summed E-state index contributed by atoms with van der Waals surface area (Å²) in [5.41, 5.74) is -0.849. The van der Waals surface area contributed by atoms with E-state index < -0.39 is 11.5 Å². The highest BCUT2D eigenvalue weighted by molar-refractivity contribution is 5.80. The van der Waals surface area contributed by atoms with Crippen molar-refractivity contribution in [1.29, 1.82) is 0 Å². The number of aliphatic carboxylic acids is 1. The molecule has 1 saturated carbocycles. The molecule has 0 saturated heterocycles. The van der Waals surface area contributed by atoms with Crippen LogP contribution in [0.3, 0.4) is 0 Å². The number of carboxylic acids is 1. The Kier molecular flexibility index (Phi) is 8.18. The number of rotatable bonds is 13. The van der Waals surface area contributed by atoms with Crippen LogP contribution in [0.1, 0.15) is 26.7 Å². The molecule has 0 aromatic rings. The maximum Gasteiger partial charge on any atom is 0.325 e. The topological polar surface area (TPSA) is 71.0 Å². The molecule has 1 atom stereocenters. The predicted molar refractivity (Wildman–Crippen MR) is 81.6 cm³/mol. The Balaban J connectivity index is 2.63. The Labute approximate surface area is 127 Å². The van der Waals surface area contributed by atoms with Crippen LogP contribution >= 0.6 is 0 Å². The van der Waals surface area contributed by atoms with Gasteiger partial charge in [0.15, 0.2) is 0 Å². The van der Waals surface area contributed by atoms with E-state index in [4.69, 9.17) is 9.47 Å². The lowest BCUT2D eigenvalue weighted by Crippen LogP contribution is -2.60. The molecule has 1 unspecified atom stereocenters. The van der Waals surface area contributed by atoms with Crippen molar-refractivity contribution in [3.05, 3.63) is 0 Å². The highest BCUT2D eigenvalue weighted by Gasteiger charge is 2.51. The molecule has 1 rings (SSSR count). The standard InChI is InChI=1S/C15H30N2O4/c1-4-20-10-8-17(9-11-21-5-2)12-15(16-3,14(18)19)13-6-7-13/h13,16H,4-12H2,1-3H3,(H,18,19). The predicted octanol–water partition coefficient (Wildman–Crippen LogP) is 0.814. The highest BCUT2D eigenvalue weighted by atomic mass is 16.5. The van der Waals surface area contributed by atoms with E-state index in [0.717, 1.165) is 25.9 Å². The highest BCUT2D eigenvalue weighted by Crippen LogP contribution is 2.40. The summed E-state index contributed by atoms with van der Waals surface area (Å²) in [6.07, 6.45) is 1.97. The second-order valence-corrected chi connectivity index (χ2v) is 5.47. The number of nitrogens with one attached hydrogen (secondary N) is 1. The minimum Gasteiger partial charge on any atom is -0.480 e. The first-order valence-electron chi connectivity index (χ1n) is 7.90. The van der Waals surface area contributed by atoms with Gasteiger partial charge in [-0.1, -0.05) is 0 Å². The largest absolute Gasteiger partial charge is 0.480 e. The zero-order valence-corrected chi connectivity index (χ0v) is 13.6. The smallest absolute Gasteiger partial charge is 0.325 e. The minimum atomic E-state index is -0.849. The van der Waals surface area contributed by atoms with E-state index in [1.807, 2.05) is 13.8 Å². The van der Waals surface area contributed by atoms with Crippen LogP contribution in [0, 0.1) is 5.92 Å². The van der Waals surface area contributed by atoms with E-state index in [-0.39, 0.29) is 5.92 Å². The summed E-state index contributed by atoms with van der Waals surface area (Å²) in [5, 5.41) is 12.7. The van der Waals surface area contributed by atoms with E-state index in [9.17, 15) is 9.90 Å². The van der Waals surface area contributed by atoms with Gasteiger partial charge in [0.05, 0.1) is 13.2 Å². The zero-order valence-electron chi connectivity index (χ0n) is 13.6. The first-order chi connectivity index (χ1) is 10.1. The van der Waals surface area contributed by atoms with Crippen LogP contribution in [-0.4, -0.2) is 74.6 Å². The summed E-state index contributed by atoms with van der Waals surface area (Å²) in [7, 11) is 1.75. The van der Waals surface area contributed by atoms with Gasteiger partial charge in [0, 0.05) is 32.8 Å². The van der Waals surface area contributed by atoms with E-state index in [1.165, 1.54) is 0 Å². The number of ether oxygens (including phenoxy) is 2. The summed E-state index contributed by atoms with van der Waals surface area (Å²) in [6, 6.07) is 0. The van der Waals surface area contributed by atoms with Crippen molar-refractivity contribution in [2.75, 3.05) is 53.1 Å². The van der Waals surface area contributed by atoms with E-state index >= 15 is 0 Å². The van der Waals surface area contributed by atoms with Gasteiger partial charge in [-0.05, 0) is 39.7 Å². The summed E-state index contributed by atoms with van der Waals surface area (Å²) in [6.45, 7) is 8.46. The number of carbonyl (C=O) groups is 1. The normalized spacial score (nSPS) is 17.9. The third kappa shape index (κ3) is 5.54. The summed E-state index contributed by atoms with van der Waals surface area (Å²) < 4.78 is 10.8. The van der Waals surface area contributed by atoms with Gasteiger partial charge in [-0.25, -0.2) is 0 Å². The number of hydrogen-bond donors (Lipinski definition) is 2. The van der Waals surface area contributed by atoms with Gasteiger partial charge in [-0.2, -0.15) is 0 Å². The Morgan fingerprint density at radius 3 is 2.10 bits per heavy atom. The number of likely N-dealkylation sites (N-methyl/N-ethyl adjacent to an activating group) is 1. The van der Waals surface area contributed by atoms with Crippen LogP contribution in [0.5, 0.6) is 0 Å². The van der Waals surface area contributed by atoms with Crippen LogP contribution in [0.15, 0.2) is 0 Å². The monoisotopic (exact) mass is 302 g/mol. The average Bonchev–Trinajstić information content (AvgIpc) is 3.29. The Hall–Kier alpha value is -0.690. The summed E-state index contributed by atoms with van der Waals surface area (Å²) >= 11 is 0. The molecule has 1 aliphatic carbocycles. The van der Waals surface area contributed by atoms with Crippen LogP contribution in [0.2, 0.25) is 0 Å². The molecule has 0 bridgehead atoms. The van der Waals surface area contributed by atoms with Crippen molar-refractivity contribution in [2.45, 2.75) is 32.2 Å². The molecule has 21 heavy (non-hydrogen) atoms. The van der Waals surface area contributed by atoms with Crippen molar-refractivity contribution in [3.63, 3.8) is 0 Å². The minimum absolute atomic E-state index is 0.224. The zero-order chi connectivity index (χ0) is 15.7. The third-order valence-electron chi connectivity index (χ3n) is 4.09. The second-order valence-electron chi connectivity index (χ2n) is 5.47. The van der Waals surface area contributed by atoms with Crippen molar-refractivity contribution in [3.8, 4) is 0 Å². The fraction of sp³-hybridized carbons (Fsp3) is 0.933. The Morgan fingerprint density at radius 2 is 1.76 bits per heavy atom. The van der Waals surface area contributed by atoms with Gasteiger partial charge >= 0.3 is 5.97 Å². The number of nitrogens with zero attached hydrogens (tertiary/aromatic N) is 1. The Bertz CT molecular complexity index is 300.